The van der Waals surface area contributed by atoms with Crippen LogP contribution in [0.4, 0.5) is 4.79 Å². The molecule has 0 fully saturated rings. The van der Waals surface area contributed by atoms with Crippen LogP contribution in [0.3, 0.4) is 0 Å². The number of hydrogen-bond acceptors (Lipinski definition) is 2. The summed E-state index contributed by atoms with van der Waals surface area (Å²) in [6.45, 7) is 2.69. The van der Waals surface area contributed by atoms with Crippen LogP contribution in [0.5, 0.6) is 0 Å². The van der Waals surface area contributed by atoms with Gasteiger partial charge in [-0.05, 0) is 37.3 Å². The minimum Gasteiger partial charge on any atom is -0.331 e. The first-order chi connectivity index (χ1) is 11.1. The van der Waals surface area contributed by atoms with Gasteiger partial charge in [-0.3, -0.25) is 4.68 Å². The lowest BCUT2D eigenvalue weighted by molar-refractivity contribution is 0.201. The van der Waals surface area contributed by atoms with Crippen molar-refractivity contribution in [3.05, 3.63) is 52.8 Å². The molecule has 2 amide bonds. The molecule has 23 heavy (non-hydrogen) atoms. The van der Waals surface area contributed by atoms with Gasteiger partial charge in [0.25, 0.3) is 0 Å². The number of nitrogens with one attached hydrogen (secondary N) is 1. The monoisotopic (exact) mass is 312 g/mol. The van der Waals surface area contributed by atoms with Crippen LogP contribution in [0.15, 0.2) is 30.5 Å². The highest BCUT2D eigenvalue weighted by molar-refractivity contribution is 5.74. The summed E-state index contributed by atoms with van der Waals surface area (Å²) in [5.41, 5.74) is 4.79. The van der Waals surface area contributed by atoms with Gasteiger partial charge in [0.05, 0.1) is 12.2 Å². The molecule has 122 valence electrons. The molecule has 1 aromatic carbocycles. The zero-order valence-corrected chi connectivity index (χ0v) is 14.0. The number of carbonyl (C=O) groups is 1. The summed E-state index contributed by atoms with van der Waals surface area (Å²) in [7, 11) is 3.81. The van der Waals surface area contributed by atoms with Crippen LogP contribution in [0, 0.1) is 6.92 Å². The second kappa shape index (κ2) is 6.44. The Labute approximate surface area is 137 Å². The topological polar surface area (TPSA) is 50.2 Å². The molecule has 0 bridgehead atoms. The van der Waals surface area contributed by atoms with Gasteiger partial charge in [-0.25, -0.2) is 4.79 Å². The summed E-state index contributed by atoms with van der Waals surface area (Å²) >= 11 is 0. The minimum atomic E-state index is -0.0324. The smallest absolute Gasteiger partial charge is 0.317 e. The van der Waals surface area contributed by atoms with Crippen LogP contribution in [-0.2, 0) is 20.0 Å². The number of aryl methyl sites for hydroxylation is 2. The van der Waals surface area contributed by atoms with Crippen LogP contribution in [0.2, 0.25) is 0 Å². The van der Waals surface area contributed by atoms with Crippen molar-refractivity contribution < 1.29 is 4.79 Å². The molecule has 0 saturated heterocycles. The highest BCUT2D eigenvalue weighted by Gasteiger charge is 2.25. The number of fused-ring (bicyclic) bond motifs is 1. The van der Waals surface area contributed by atoms with E-state index in [9.17, 15) is 4.79 Å². The maximum atomic E-state index is 12.5. The number of urea groups is 1. The molecule has 1 aliphatic carbocycles. The third-order valence-electron chi connectivity index (χ3n) is 4.69. The summed E-state index contributed by atoms with van der Waals surface area (Å²) in [5.74, 6) is 0. The van der Waals surface area contributed by atoms with Crippen molar-refractivity contribution in [3.8, 4) is 0 Å². The summed E-state index contributed by atoms with van der Waals surface area (Å²) in [5, 5.41) is 7.49. The number of amides is 2. The molecule has 1 atom stereocenters. The van der Waals surface area contributed by atoms with Crippen LogP contribution in [0.1, 0.15) is 41.3 Å². The third-order valence-corrected chi connectivity index (χ3v) is 4.69. The molecule has 1 aromatic heterocycles. The van der Waals surface area contributed by atoms with Gasteiger partial charge in [-0.15, -0.1) is 0 Å². The summed E-state index contributed by atoms with van der Waals surface area (Å²) in [6.07, 6.45) is 4.99. The zero-order chi connectivity index (χ0) is 16.4. The van der Waals surface area contributed by atoms with E-state index in [1.807, 2.05) is 37.1 Å². The minimum absolute atomic E-state index is 0.0324. The second-order valence-electron chi connectivity index (χ2n) is 6.35. The molecule has 2 aromatic rings. The van der Waals surface area contributed by atoms with E-state index in [0.29, 0.717) is 6.54 Å². The fourth-order valence-electron chi connectivity index (χ4n) is 3.23. The fourth-order valence-corrected chi connectivity index (χ4v) is 3.23. The molecular weight excluding hydrogens is 288 g/mol. The number of hydrogen-bond donors (Lipinski definition) is 1. The molecule has 3 rings (SSSR count). The second-order valence-corrected chi connectivity index (χ2v) is 6.35. The number of benzene rings is 1. The molecule has 0 unspecified atom stereocenters. The average Bonchev–Trinajstić information content (AvgIpc) is 2.92. The Hall–Kier alpha value is -2.30. The predicted molar refractivity (Wildman–Crippen MR) is 90.1 cm³/mol. The van der Waals surface area contributed by atoms with Gasteiger partial charge in [-0.1, -0.05) is 24.3 Å². The maximum Gasteiger partial charge on any atom is 0.317 e. The largest absolute Gasteiger partial charge is 0.331 e. The van der Waals surface area contributed by atoms with Crippen molar-refractivity contribution in [2.75, 3.05) is 7.05 Å². The number of carbonyl (C=O) groups excluding carboxylic acids is 1. The lowest BCUT2D eigenvalue weighted by Gasteiger charge is -2.27. The normalized spacial score (nSPS) is 16.7. The molecule has 0 radical (unpaired) electrons. The average molecular weight is 312 g/mol. The van der Waals surface area contributed by atoms with Crippen molar-refractivity contribution in [3.63, 3.8) is 0 Å². The molecule has 0 saturated carbocycles. The first-order valence-corrected chi connectivity index (χ1v) is 8.13. The number of nitrogens with zero attached hydrogens (tertiary/aromatic N) is 3. The van der Waals surface area contributed by atoms with E-state index in [1.165, 1.54) is 16.8 Å². The Morgan fingerprint density at radius 2 is 2.22 bits per heavy atom. The maximum absolute atomic E-state index is 12.5. The Kier molecular flexibility index (Phi) is 4.37. The highest BCUT2D eigenvalue weighted by Crippen LogP contribution is 2.29. The SMILES string of the molecule is Cc1ccccc1CN(C)C(=O)N[C@@H]1CCCc2c1cnn2C. The van der Waals surface area contributed by atoms with Crippen molar-refractivity contribution in [1.29, 1.82) is 0 Å². The molecule has 1 heterocycles. The predicted octanol–water partition coefficient (Wildman–Crippen LogP) is 2.95. The summed E-state index contributed by atoms with van der Waals surface area (Å²) in [4.78, 5) is 14.3. The molecule has 5 heteroatoms. The van der Waals surface area contributed by atoms with Gasteiger partial charge >= 0.3 is 6.03 Å². The van der Waals surface area contributed by atoms with E-state index in [-0.39, 0.29) is 12.1 Å². The standard InChI is InChI=1S/C18H24N4O/c1-13-7-4-5-8-14(13)12-21(2)18(23)20-16-9-6-10-17-15(16)11-19-22(17)3/h4-5,7-8,11,16H,6,9-10,12H2,1-3H3,(H,20,23)/t16-/m1/s1. The molecule has 5 nitrogen and oxygen atoms in total. The number of rotatable bonds is 3. The highest BCUT2D eigenvalue weighted by atomic mass is 16.2. The van der Waals surface area contributed by atoms with Crippen molar-refractivity contribution in [2.45, 2.75) is 38.8 Å². The van der Waals surface area contributed by atoms with Crippen LogP contribution < -0.4 is 5.32 Å². The van der Waals surface area contributed by atoms with Gasteiger partial charge in [-0.2, -0.15) is 5.10 Å². The van der Waals surface area contributed by atoms with Crippen molar-refractivity contribution in [2.24, 2.45) is 7.05 Å². The lowest BCUT2D eigenvalue weighted by Crippen LogP contribution is -2.40. The van der Waals surface area contributed by atoms with E-state index in [4.69, 9.17) is 0 Å². The Morgan fingerprint density at radius 1 is 1.43 bits per heavy atom. The van der Waals surface area contributed by atoms with Gasteiger partial charge in [0, 0.05) is 31.9 Å². The van der Waals surface area contributed by atoms with Crippen molar-refractivity contribution in [1.82, 2.24) is 20.0 Å². The van der Waals surface area contributed by atoms with Crippen LogP contribution >= 0.6 is 0 Å². The quantitative estimate of drug-likeness (QED) is 0.947. The summed E-state index contributed by atoms with van der Waals surface area (Å²) < 4.78 is 1.92. The van der Waals surface area contributed by atoms with Gasteiger partial charge in [0.1, 0.15) is 0 Å². The first kappa shape index (κ1) is 15.6. The van der Waals surface area contributed by atoms with E-state index in [2.05, 4.69) is 29.5 Å². The van der Waals surface area contributed by atoms with Gasteiger partial charge < -0.3 is 10.2 Å². The van der Waals surface area contributed by atoms with Gasteiger partial charge in [0.15, 0.2) is 0 Å². The van der Waals surface area contributed by atoms with Crippen LogP contribution in [0.25, 0.3) is 0 Å². The fraction of sp³-hybridized carbons (Fsp3) is 0.444. The molecule has 1 aliphatic rings. The Balaban J connectivity index is 1.67. The van der Waals surface area contributed by atoms with Crippen LogP contribution in [-0.4, -0.2) is 27.8 Å². The molecule has 0 spiro atoms. The Morgan fingerprint density at radius 3 is 3.00 bits per heavy atom. The van der Waals surface area contributed by atoms with Gasteiger partial charge in [0.2, 0.25) is 0 Å². The molecular formula is C18H24N4O. The van der Waals surface area contributed by atoms with E-state index < -0.39 is 0 Å². The lowest BCUT2D eigenvalue weighted by atomic mass is 9.93. The Bertz CT molecular complexity index is 707. The third kappa shape index (κ3) is 3.23. The zero-order valence-electron chi connectivity index (χ0n) is 14.0. The van der Waals surface area contributed by atoms with Crippen molar-refractivity contribution >= 4 is 6.03 Å². The first-order valence-electron chi connectivity index (χ1n) is 8.13. The van der Waals surface area contributed by atoms with E-state index in [0.717, 1.165) is 24.8 Å². The van der Waals surface area contributed by atoms with E-state index >= 15 is 0 Å². The van der Waals surface area contributed by atoms with E-state index in [1.54, 1.807) is 4.90 Å². The molecule has 0 aliphatic heterocycles. The summed E-state index contributed by atoms with van der Waals surface area (Å²) in [6, 6.07) is 8.21. The number of aromatic nitrogens is 2. The molecule has 1 N–H and O–H groups in total.